The maximum absolute atomic E-state index is 5.63. The van der Waals surface area contributed by atoms with Crippen LogP contribution in [0.15, 0.2) is 0 Å². The van der Waals surface area contributed by atoms with Crippen LogP contribution in [0.5, 0.6) is 0 Å². The molecular weight excluding hydrogens is 202 g/mol. The summed E-state index contributed by atoms with van der Waals surface area (Å²) in [5.41, 5.74) is 0. The third kappa shape index (κ3) is 4.04. The Bertz CT molecular complexity index is 192. The zero-order valence-corrected chi connectivity index (χ0v) is 10.4. The lowest BCUT2D eigenvalue weighted by Crippen LogP contribution is -2.41. The molecule has 0 aromatic carbocycles. The Labute approximate surface area is 98.9 Å². The molecule has 2 fully saturated rings. The van der Waals surface area contributed by atoms with Gasteiger partial charge < -0.3 is 14.8 Å². The molecule has 0 aromatic rings. The van der Waals surface area contributed by atoms with E-state index in [4.69, 9.17) is 9.47 Å². The third-order valence-corrected chi connectivity index (χ3v) is 3.78. The van der Waals surface area contributed by atoms with E-state index in [0.717, 1.165) is 32.3 Å². The zero-order valence-electron chi connectivity index (χ0n) is 10.4. The first-order chi connectivity index (χ1) is 7.84. The summed E-state index contributed by atoms with van der Waals surface area (Å²) < 4.78 is 11.0. The van der Waals surface area contributed by atoms with E-state index < -0.39 is 0 Å². The molecule has 0 aromatic heterocycles. The van der Waals surface area contributed by atoms with Gasteiger partial charge in [0.15, 0.2) is 0 Å². The molecule has 3 nitrogen and oxygen atoms in total. The molecule has 1 N–H and O–H groups in total. The van der Waals surface area contributed by atoms with Gasteiger partial charge in [0.2, 0.25) is 0 Å². The van der Waals surface area contributed by atoms with Crippen molar-refractivity contribution in [1.29, 1.82) is 0 Å². The van der Waals surface area contributed by atoms with Gasteiger partial charge in [0.05, 0.1) is 25.9 Å². The monoisotopic (exact) mass is 227 g/mol. The van der Waals surface area contributed by atoms with Gasteiger partial charge in [-0.15, -0.1) is 0 Å². The molecule has 1 saturated carbocycles. The van der Waals surface area contributed by atoms with E-state index in [1.807, 2.05) is 0 Å². The molecule has 1 saturated heterocycles. The molecule has 3 unspecified atom stereocenters. The van der Waals surface area contributed by atoms with Gasteiger partial charge in [-0.3, -0.25) is 0 Å². The molecule has 0 bridgehead atoms. The van der Waals surface area contributed by atoms with Gasteiger partial charge in [-0.05, 0) is 25.2 Å². The van der Waals surface area contributed by atoms with Crippen LogP contribution in [0.3, 0.4) is 0 Å². The topological polar surface area (TPSA) is 30.5 Å². The van der Waals surface area contributed by atoms with Crippen molar-refractivity contribution in [2.24, 2.45) is 5.92 Å². The fraction of sp³-hybridized carbons (Fsp3) is 1.00. The van der Waals surface area contributed by atoms with Crippen molar-refractivity contribution in [2.45, 2.75) is 51.2 Å². The van der Waals surface area contributed by atoms with E-state index in [0.29, 0.717) is 6.04 Å². The lowest BCUT2D eigenvalue weighted by Gasteiger charge is -2.25. The summed E-state index contributed by atoms with van der Waals surface area (Å²) in [6.07, 6.45) is 7.09. The molecule has 0 spiro atoms. The van der Waals surface area contributed by atoms with E-state index in [1.165, 1.54) is 32.1 Å². The molecule has 0 amide bonds. The third-order valence-electron chi connectivity index (χ3n) is 3.78. The number of hydrogen-bond acceptors (Lipinski definition) is 3. The smallest absolute Gasteiger partial charge is 0.0933 e. The van der Waals surface area contributed by atoms with E-state index in [2.05, 4.69) is 12.2 Å². The molecule has 3 atom stereocenters. The maximum atomic E-state index is 5.63. The van der Waals surface area contributed by atoms with Crippen molar-refractivity contribution >= 4 is 0 Å². The van der Waals surface area contributed by atoms with Crippen LogP contribution in [-0.4, -0.2) is 38.5 Å². The molecule has 2 rings (SSSR count). The summed E-state index contributed by atoms with van der Waals surface area (Å²) in [5.74, 6) is 0.918. The second-order valence-electron chi connectivity index (χ2n) is 5.29. The number of hydrogen-bond donors (Lipinski definition) is 1. The van der Waals surface area contributed by atoms with E-state index in [9.17, 15) is 0 Å². The number of nitrogens with one attached hydrogen (secondary N) is 1. The molecule has 1 aliphatic heterocycles. The standard InChI is InChI=1S/C13H25NO2/c1-11-3-2-4-12(6-5-11)14-9-13-10-15-7-8-16-13/h11-14H,2-10H2,1H3. The SMILES string of the molecule is CC1CCCC(NCC2COCCO2)CC1. The van der Waals surface area contributed by atoms with Crippen LogP contribution in [0.4, 0.5) is 0 Å². The van der Waals surface area contributed by atoms with Crippen molar-refractivity contribution in [1.82, 2.24) is 5.32 Å². The summed E-state index contributed by atoms with van der Waals surface area (Å²) in [4.78, 5) is 0. The van der Waals surface area contributed by atoms with Gasteiger partial charge in [0.25, 0.3) is 0 Å². The first kappa shape index (κ1) is 12.3. The average Bonchev–Trinajstić information content (AvgIpc) is 2.53. The Morgan fingerprint density at radius 1 is 1.12 bits per heavy atom. The summed E-state index contributed by atoms with van der Waals surface area (Å²) in [6.45, 7) is 5.61. The maximum Gasteiger partial charge on any atom is 0.0933 e. The minimum Gasteiger partial charge on any atom is -0.376 e. The van der Waals surface area contributed by atoms with Crippen LogP contribution in [0, 0.1) is 5.92 Å². The molecule has 16 heavy (non-hydrogen) atoms. The first-order valence-corrected chi connectivity index (χ1v) is 6.77. The van der Waals surface area contributed by atoms with Gasteiger partial charge in [-0.25, -0.2) is 0 Å². The van der Waals surface area contributed by atoms with Gasteiger partial charge in [0, 0.05) is 12.6 Å². The molecule has 1 aliphatic carbocycles. The molecule has 0 radical (unpaired) electrons. The minimum atomic E-state index is 0.273. The van der Waals surface area contributed by atoms with Crippen molar-refractivity contribution < 1.29 is 9.47 Å². The Morgan fingerprint density at radius 2 is 2.06 bits per heavy atom. The van der Waals surface area contributed by atoms with Crippen LogP contribution in [0.1, 0.15) is 39.0 Å². The van der Waals surface area contributed by atoms with Crippen LogP contribution in [-0.2, 0) is 9.47 Å². The highest BCUT2D eigenvalue weighted by Crippen LogP contribution is 2.22. The zero-order chi connectivity index (χ0) is 11.2. The summed E-state index contributed by atoms with van der Waals surface area (Å²) in [7, 11) is 0. The van der Waals surface area contributed by atoms with Gasteiger partial charge >= 0.3 is 0 Å². The van der Waals surface area contributed by atoms with Crippen molar-refractivity contribution in [2.75, 3.05) is 26.4 Å². The second kappa shape index (κ2) is 6.58. The summed E-state index contributed by atoms with van der Waals surface area (Å²) in [5, 5.41) is 3.65. The van der Waals surface area contributed by atoms with E-state index in [1.54, 1.807) is 0 Å². The van der Waals surface area contributed by atoms with Crippen molar-refractivity contribution in [3.05, 3.63) is 0 Å². The van der Waals surface area contributed by atoms with E-state index >= 15 is 0 Å². The van der Waals surface area contributed by atoms with Gasteiger partial charge in [-0.1, -0.05) is 19.8 Å². The number of rotatable bonds is 3. The normalized spacial score (nSPS) is 36.9. The highest BCUT2D eigenvalue weighted by molar-refractivity contribution is 4.75. The van der Waals surface area contributed by atoms with Crippen molar-refractivity contribution in [3.8, 4) is 0 Å². The van der Waals surface area contributed by atoms with E-state index in [-0.39, 0.29) is 6.10 Å². The Morgan fingerprint density at radius 3 is 2.88 bits per heavy atom. The van der Waals surface area contributed by atoms with Crippen LogP contribution < -0.4 is 5.32 Å². The lowest BCUT2D eigenvalue weighted by atomic mass is 10.0. The summed E-state index contributed by atoms with van der Waals surface area (Å²) in [6, 6.07) is 0.704. The predicted octanol–water partition coefficient (Wildman–Crippen LogP) is 1.96. The quantitative estimate of drug-likeness (QED) is 0.748. The minimum absolute atomic E-state index is 0.273. The highest BCUT2D eigenvalue weighted by atomic mass is 16.6. The molecule has 1 heterocycles. The second-order valence-corrected chi connectivity index (χ2v) is 5.29. The Hall–Kier alpha value is -0.120. The molecular formula is C13H25NO2. The van der Waals surface area contributed by atoms with Gasteiger partial charge in [0.1, 0.15) is 0 Å². The van der Waals surface area contributed by atoms with Crippen molar-refractivity contribution in [3.63, 3.8) is 0 Å². The predicted molar refractivity (Wildman–Crippen MR) is 64.6 cm³/mol. The molecule has 3 heteroatoms. The Kier molecular flexibility index (Phi) is 5.07. The fourth-order valence-electron chi connectivity index (χ4n) is 2.64. The Balaban J connectivity index is 1.64. The summed E-state index contributed by atoms with van der Waals surface area (Å²) >= 11 is 0. The fourth-order valence-corrected chi connectivity index (χ4v) is 2.64. The van der Waals surface area contributed by atoms with Crippen LogP contribution >= 0.6 is 0 Å². The van der Waals surface area contributed by atoms with Crippen LogP contribution in [0.25, 0.3) is 0 Å². The molecule has 94 valence electrons. The first-order valence-electron chi connectivity index (χ1n) is 6.77. The van der Waals surface area contributed by atoms with Crippen LogP contribution in [0.2, 0.25) is 0 Å². The largest absolute Gasteiger partial charge is 0.376 e. The molecule has 2 aliphatic rings. The lowest BCUT2D eigenvalue weighted by molar-refractivity contribution is -0.0871. The number of ether oxygens (including phenoxy) is 2. The highest BCUT2D eigenvalue weighted by Gasteiger charge is 2.19. The van der Waals surface area contributed by atoms with Gasteiger partial charge in [-0.2, -0.15) is 0 Å². The average molecular weight is 227 g/mol.